The molecule has 0 saturated carbocycles. The van der Waals surface area contributed by atoms with Crippen molar-refractivity contribution in [3.63, 3.8) is 0 Å². The average Bonchev–Trinajstić information content (AvgIpc) is 2.55. The largest absolute Gasteiger partial charge is 0.828 e. The molecule has 6 nitrogen and oxygen atoms in total. The lowest BCUT2D eigenvalue weighted by molar-refractivity contribution is -0.530. The van der Waals surface area contributed by atoms with Gasteiger partial charge < -0.3 is 29.9 Å². The Bertz CT molecular complexity index is 640. The van der Waals surface area contributed by atoms with Gasteiger partial charge in [0.25, 0.3) is 0 Å². The van der Waals surface area contributed by atoms with Crippen molar-refractivity contribution >= 4 is 10.8 Å². The Kier molecular flexibility index (Phi) is 4.28. The van der Waals surface area contributed by atoms with Crippen LogP contribution in [-0.2, 0) is 4.74 Å². The van der Waals surface area contributed by atoms with E-state index in [4.69, 9.17) is 14.6 Å². The van der Waals surface area contributed by atoms with Gasteiger partial charge >= 0.3 is 0 Å². The van der Waals surface area contributed by atoms with E-state index in [2.05, 4.69) is 0 Å². The van der Waals surface area contributed by atoms with Crippen molar-refractivity contribution in [1.82, 2.24) is 0 Å². The summed E-state index contributed by atoms with van der Waals surface area (Å²) in [6.07, 6.45) is -6.88. The molecule has 0 aromatic heterocycles. The van der Waals surface area contributed by atoms with Crippen LogP contribution in [-0.4, -0.2) is 52.6 Å². The fourth-order valence-electron chi connectivity index (χ4n) is 2.63. The smallest absolute Gasteiger partial charge is 0.138 e. The van der Waals surface area contributed by atoms with Gasteiger partial charge in [-0.3, -0.25) is 0 Å². The molecular formula is C16H17O6-. The van der Waals surface area contributed by atoms with Crippen LogP contribution in [0.5, 0.6) is 5.75 Å². The molecule has 1 saturated heterocycles. The van der Waals surface area contributed by atoms with Gasteiger partial charge in [-0.05, 0) is 11.5 Å². The second-order valence-electron chi connectivity index (χ2n) is 5.27. The topological polar surface area (TPSA) is 102 Å². The number of hydrogen-bond acceptors (Lipinski definition) is 6. The van der Waals surface area contributed by atoms with Crippen molar-refractivity contribution in [1.29, 1.82) is 0 Å². The molecule has 2 aromatic rings. The molecular weight excluding hydrogens is 288 g/mol. The third-order valence-corrected chi connectivity index (χ3v) is 3.84. The summed E-state index contributed by atoms with van der Waals surface area (Å²) in [5, 5.41) is 42.7. The standard InChI is InChI=1S/C16H17O6/c17-8-12-13(18)14(19)15(16(20)22-12)21-11-7-3-5-9-4-1-2-6-10(9)11/h1-7,12-19H,8H2/q-1/t12-,13+,14+,15-,16-/m1/s1. The predicted octanol–water partition coefficient (Wildman–Crippen LogP) is -0.613. The molecule has 1 aliphatic heterocycles. The van der Waals surface area contributed by atoms with Crippen molar-refractivity contribution in [2.45, 2.75) is 30.7 Å². The van der Waals surface area contributed by atoms with Crippen molar-refractivity contribution in [3.05, 3.63) is 42.5 Å². The SMILES string of the molecule is [O-][C@@H]1O[C@H](CO)[C@H](O)[C@H](O)[C@H]1Oc1cccc2ccccc12. The Balaban J connectivity index is 1.88. The lowest BCUT2D eigenvalue weighted by atomic mass is 9.99. The Labute approximate surface area is 127 Å². The second-order valence-corrected chi connectivity index (χ2v) is 5.27. The summed E-state index contributed by atoms with van der Waals surface area (Å²) >= 11 is 0. The van der Waals surface area contributed by atoms with E-state index in [1.165, 1.54) is 0 Å². The van der Waals surface area contributed by atoms with E-state index in [0.717, 1.165) is 10.8 Å². The minimum Gasteiger partial charge on any atom is -0.828 e. The summed E-state index contributed by atoms with van der Waals surface area (Å²) < 4.78 is 10.6. The number of aliphatic hydroxyl groups excluding tert-OH is 3. The van der Waals surface area contributed by atoms with E-state index < -0.39 is 37.3 Å². The van der Waals surface area contributed by atoms with Gasteiger partial charge in [-0.2, -0.15) is 0 Å². The first kappa shape index (κ1) is 15.2. The maximum Gasteiger partial charge on any atom is 0.138 e. The van der Waals surface area contributed by atoms with Crippen LogP contribution in [0.25, 0.3) is 10.8 Å². The first-order chi connectivity index (χ1) is 10.6. The number of aliphatic hydroxyl groups is 3. The molecule has 6 heteroatoms. The van der Waals surface area contributed by atoms with Crippen LogP contribution >= 0.6 is 0 Å². The highest BCUT2D eigenvalue weighted by Gasteiger charge is 2.41. The molecule has 1 heterocycles. The normalized spacial score (nSPS) is 32.1. The molecule has 0 aliphatic carbocycles. The van der Waals surface area contributed by atoms with Crippen LogP contribution in [0, 0.1) is 0 Å². The quantitative estimate of drug-likeness (QED) is 0.699. The van der Waals surface area contributed by atoms with Crippen LogP contribution in [0.2, 0.25) is 0 Å². The van der Waals surface area contributed by atoms with Gasteiger partial charge in [0.15, 0.2) is 0 Å². The maximum absolute atomic E-state index is 12.0. The summed E-state index contributed by atoms with van der Waals surface area (Å²) in [5.74, 6) is 0.432. The van der Waals surface area contributed by atoms with Crippen molar-refractivity contribution in [2.24, 2.45) is 0 Å². The lowest BCUT2D eigenvalue weighted by Crippen LogP contribution is -2.64. The summed E-state index contributed by atoms with van der Waals surface area (Å²) in [7, 11) is 0. The molecule has 1 aliphatic rings. The third-order valence-electron chi connectivity index (χ3n) is 3.84. The number of ether oxygens (including phenoxy) is 2. The molecule has 0 bridgehead atoms. The van der Waals surface area contributed by atoms with Crippen molar-refractivity contribution < 1.29 is 29.9 Å². The molecule has 0 amide bonds. The van der Waals surface area contributed by atoms with E-state index in [9.17, 15) is 15.3 Å². The summed E-state index contributed by atoms with van der Waals surface area (Å²) in [6, 6.07) is 12.8. The third kappa shape index (κ3) is 2.67. The van der Waals surface area contributed by atoms with Gasteiger partial charge in [0.1, 0.15) is 30.2 Å². The number of rotatable bonds is 3. The predicted molar refractivity (Wildman–Crippen MR) is 76.1 cm³/mol. The van der Waals surface area contributed by atoms with Crippen LogP contribution in [0.15, 0.2) is 42.5 Å². The zero-order chi connectivity index (χ0) is 15.7. The molecule has 0 radical (unpaired) electrons. The second kappa shape index (κ2) is 6.20. The molecule has 3 N–H and O–H groups in total. The van der Waals surface area contributed by atoms with Crippen molar-refractivity contribution in [3.8, 4) is 5.75 Å². The lowest BCUT2D eigenvalue weighted by Gasteiger charge is -2.45. The van der Waals surface area contributed by atoms with Gasteiger partial charge in [-0.1, -0.05) is 36.4 Å². The highest BCUT2D eigenvalue weighted by Crippen LogP contribution is 2.29. The Morgan fingerprint density at radius 2 is 1.77 bits per heavy atom. The molecule has 3 rings (SSSR count). The molecule has 118 valence electrons. The van der Waals surface area contributed by atoms with E-state index >= 15 is 0 Å². The van der Waals surface area contributed by atoms with E-state index in [-0.39, 0.29) is 0 Å². The average molecular weight is 305 g/mol. The highest BCUT2D eigenvalue weighted by atomic mass is 16.7. The summed E-state index contributed by atoms with van der Waals surface area (Å²) in [6.45, 7) is -0.544. The minimum atomic E-state index is -1.70. The molecule has 22 heavy (non-hydrogen) atoms. The number of benzene rings is 2. The fraction of sp³-hybridized carbons (Fsp3) is 0.375. The molecule has 5 atom stereocenters. The molecule has 0 unspecified atom stereocenters. The van der Waals surface area contributed by atoms with Crippen LogP contribution in [0.3, 0.4) is 0 Å². The zero-order valence-corrected chi connectivity index (χ0v) is 11.7. The Morgan fingerprint density at radius 3 is 2.55 bits per heavy atom. The summed E-state index contributed by atoms with van der Waals surface area (Å²) in [5.41, 5.74) is 0. The van der Waals surface area contributed by atoms with Crippen LogP contribution in [0.1, 0.15) is 0 Å². The monoisotopic (exact) mass is 305 g/mol. The van der Waals surface area contributed by atoms with Crippen molar-refractivity contribution in [2.75, 3.05) is 6.61 Å². The van der Waals surface area contributed by atoms with Crippen LogP contribution in [0.4, 0.5) is 0 Å². The van der Waals surface area contributed by atoms with E-state index in [1.54, 1.807) is 12.1 Å². The zero-order valence-electron chi connectivity index (χ0n) is 11.7. The Hall–Kier alpha value is -1.70. The molecule has 1 fully saturated rings. The fourth-order valence-corrected chi connectivity index (χ4v) is 2.63. The molecule has 0 spiro atoms. The maximum atomic E-state index is 12.0. The summed E-state index contributed by atoms with van der Waals surface area (Å²) in [4.78, 5) is 0. The first-order valence-electron chi connectivity index (χ1n) is 7.04. The van der Waals surface area contributed by atoms with E-state index in [1.807, 2.05) is 30.3 Å². The van der Waals surface area contributed by atoms with Gasteiger partial charge in [0, 0.05) is 11.7 Å². The number of hydrogen-bond donors (Lipinski definition) is 3. The number of fused-ring (bicyclic) bond motifs is 1. The van der Waals surface area contributed by atoms with Gasteiger partial charge in [-0.15, -0.1) is 0 Å². The minimum absolute atomic E-state index is 0.432. The van der Waals surface area contributed by atoms with E-state index in [0.29, 0.717) is 5.75 Å². The first-order valence-corrected chi connectivity index (χ1v) is 7.04. The van der Waals surface area contributed by atoms with Gasteiger partial charge in [0.05, 0.1) is 6.61 Å². The highest BCUT2D eigenvalue weighted by molar-refractivity contribution is 5.88. The molecule has 2 aromatic carbocycles. The van der Waals surface area contributed by atoms with Gasteiger partial charge in [-0.25, -0.2) is 0 Å². The Morgan fingerprint density at radius 1 is 1.05 bits per heavy atom. The van der Waals surface area contributed by atoms with Crippen LogP contribution < -0.4 is 9.84 Å². The van der Waals surface area contributed by atoms with Gasteiger partial charge in [0.2, 0.25) is 0 Å².